The van der Waals surface area contributed by atoms with Gasteiger partial charge in [0.05, 0.1) is 0 Å². The highest BCUT2D eigenvalue weighted by molar-refractivity contribution is 5.85. The Hall–Kier alpha value is -1.26. The van der Waals surface area contributed by atoms with Crippen LogP contribution < -0.4 is 10.5 Å². The number of benzene rings is 1. The molecule has 0 radical (unpaired) electrons. The smallest absolute Gasteiger partial charge is 0.260 e. The van der Waals surface area contributed by atoms with Crippen molar-refractivity contribution in [2.24, 2.45) is 11.7 Å². The maximum Gasteiger partial charge on any atom is 0.260 e. The minimum Gasteiger partial charge on any atom is -0.483 e. The molecule has 2 N–H and O–H groups in total. The van der Waals surface area contributed by atoms with E-state index in [9.17, 15) is 4.79 Å². The van der Waals surface area contributed by atoms with Crippen molar-refractivity contribution in [3.63, 3.8) is 0 Å². The summed E-state index contributed by atoms with van der Waals surface area (Å²) in [6.45, 7) is 8.43. The maximum atomic E-state index is 12.1. The zero-order valence-electron chi connectivity index (χ0n) is 13.0. The van der Waals surface area contributed by atoms with Gasteiger partial charge in [0, 0.05) is 13.1 Å². The van der Waals surface area contributed by atoms with Crippen molar-refractivity contribution in [1.82, 2.24) is 4.90 Å². The second-order valence-electron chi connectivity index (χ2n) is 5.75. The molecule has 1 saturated heterocycles. The lowest BCUT2D eigenvalue weighted by atomic mass is 10.1. The molecule has 4 nitrogen and oxygen atoms in total. The summed E-state index contributed by atoms with van der Waals surface area (Å²) in [6, 6.07) is 4.15. The van der Waals surface area contributed by atoms with Gasteiger partial charge in [0.15, 0.2) is 6.61 Å². The number of likely N-dealkylation sites (tertiary alicyclic amines) is 1. The average molecular weight is 313 g/mol. The quantitative estimate of drug-likeness (QED) is 0.927. The van der Waals surface area contributed by atoms with Gasteiger partial charge in [-0.15, -0.1) is 12.4 Å². The molecule has 1 aliphatic rings. The fraction of sp³-hybridized carbons (Fsp3) is 0.562. The van der Waals surface area contributed by atoms with Crippen LogP contribution in [0.15, 0.2) is 12.1 Å². The SMILES string of the molecule is Cc1cc(C)c(OCC(=O)N2CCC(CN)C2)c(C)c1.Cl. The second-order valence-corrected chi connectivity index (χ2v) is 5.75. The fourth-order valence-electron chi connectivity index (χ4n) is 2.87. The van der Waals surface area contributed by atoms with Crippen LogP contribution in [0.2, 0.25) is 0 Å². The lowest BCUT2D eigenvalue weighted by molar-refractivity contribution is -0.132. The van der Waals surface area contributed by atoms with Gasteiger partial charge in [-0.25, -0.2) is 0 Å². The predicted molar refractivity (Wildman–Crippen MR) is 87.1 cm³/mol. The first-order chi connectivity index (χ1) is 9.51. The van der Waals surface area contributed by atoms with E-state index in [0.29, 0.717) is 12.5 Å². The van der Waals surface area contributed by atoms with Crippen LogP contribution in [0.5, 0.6) is 5.75 Å². The molecule has 1 amide bonds. The summed E-state index contributed by atoms with van der Waals surface area (Å²) in [7, 11) is 0. The monoisotopic (exact) mass is 312 g/mol. The molecule has 0 bridgehead atoms. The van der Waals surface area contributed by atoms with Crippen LogP contribution in [-0.2, 0) is 4.79 Å². The summed E-state index contributed by atoms with van der Waals surface area (Å²) in [6.07, 6.45) is 1.00. The number of ether oxygens (including phenoxy) is 1. The molecular formula is C16H25ClN2O2. The Morgan fingerprint density at radius 2 is 1.95 bits per heavy atom. The zero-order chi connectivity index (χ0) is 14.7. The van der Waals surface area contributed by atoms with Gasteiger partial charge in [-0.3, -0.25) is 4.79 Å². The minimum absolute atomic E-state index is 0. The van der Waals surface area contributed by atoms with Gasteiger partial charge in [0.1, 0.15) is 5.75 Å². The summed E-state index contributed by atoms with van der Waals surface area (Å²) in [4.78, 5) is 14.0. The van der Waals surface area contributed by atoms with Crippen LogP contribution in [-0.4, -0.2) is 37.0 Å². The van der Waals surface area contributed by atoms with E-state index in [1.54, 1.807) is 0 Å². The van der Waals surface area contributed by atoms with Crippen molar-refractivity contribution in [3.05, 3.63) is 28.8 Å². The van der Waals surface area contributed by atoms with Gasteiger partial charge in [-0.1, -0.05) is 17.7 Å². The summed E-state index contributed by atoms with van der Waals surface area (Å²) in [5.41, 5.74) is 9.02. The first-order valence-electron chi connectivity index (χ1n) is 7.19. The Morgan fingerprint density at radius 1 is 1.33 bits per heavy atom. The first-order valence-corrected chi connectivity index (χ1v) is 7.19. The zero-order valence-corrected chi connectivity index (χ0v) is 13.8. The highest BCUT2D eigenvalue weighted by Gasteiger charge is 2.25. The van der Waals surface area contributed by atoms with Crippen LogP contribution in [0.1, 0.15) is 23.1 Å². The number of rotatable bonds is 4. The Balaban J connectivity index is 0.00000220. The highest BCUT2D eigenvalue weighted by atomic mass is 35.5. The number of nitrogens with zero attached hydrogens (tertiary/aromatic N) is 1. The summed E-state index contributed by atoms with van der Waals surface area (Å²) in [5.74, 6) is 1.33. The summed E-state index contributed by atoms with van der Waals surface area (Å²) in [5, 5.41) is 0. The van der Waals surface area contributed by atoms with Crippen molar-refractivity contribution < 1.29 is 9.53 Å². The molecule has 0 aliphatic carbocycles. The van der Waals surface area contributed by atoms with Crippen molar-refractivity contribution >= 4 is 18.3 Å². The Bertz CT molecular complexity index is 482. The third kappa shape index (κ3) is 4.35. The maximum absolute atomic E-state index is 12.1. The molecule has 5 heteroatoms. The van der Waals surface area contributed by atoms with E-state index in [1.165, 1.54) is 5.56 Å². The Labute approximate surface area is 133 Å². The summed E-state index contributed by atoms with van der Waals surface area (Å²) >= 11 is 0. The van der Waals surface area contributed by atoms with E-state index in [0.717, 1.165) is 36.4 Å². The number of carbonyl (C=O) groups is 1. The van der Waals surface area contributed by atoms with Gasteiger partial charge in [-0.05, 0) is 50.8 Å². The van der Waals surface area contributed by atoms with E-state index >= 15 is 0 Å². The van der Waals surface area contributed by atoms with Crippen LogP contribution >= 0.6 is 12.4 Å². The summed E-state index contributed by atoms with van der Waals surface area (Å²) < 4.78 is 5.74. The lowest BCUT2D eigenvalue weighted by Gasteiger charge is -2.18. The number of halogens is 1. The number of amides is 1. The number of hydrogen-bond acceptors (Lipinski definition) is 3. The number of carbonyl (C=O) groups excluding carboxylic acids is 1. The molecule has 2 rings (SSSR count). The van der Waals surface area contributed by atoms with E-state index in [-0.39, 0.29) is 24.9 Å². The van der Waals surface area contributed by atoms with Crippen molar-refractivity contribution in [2.45, 2.75) is 27.2 Å². The number of nitrogens with two attached hydrogens (primary N) is 1. The van der Waals surface area contributed by atoms with Gasteiger partial charge >= 0.3 is 0 Å². The first kappa shape index (κ1) is 17.8. The third-order valence-corrected chi connectivity index (χ3v) is 3.92. The van der Waals surface area contributed by atoms with Gasteiger partial charge in [-0.2, -0.15) is 0 Å². The Morgan fingerprint density at radius 3 is 2.48 bits per heavy atom. The average Bonchev–Trinajstić information content (AvgIpc) is 2.86. The predicted octanol–water partition coefficient (Wildman–Crippen LogP) is 2.22. The Kier molecular flexibility index (Phi) is 6.49. The molecule has 1 aliphatic heterocycles. The normalized spacial score (nSPS) is 17.5. The molecule has 0 aromatic heterocycles. The third-order valence-electron chi connectivity index (χ3n) is 3.92. The van der Waals surface area contributed by atoms with Gasteiger partial charge < -0.3 is 15.4 Å². The molecular weight excluding hydrogens is 288 g/mol. The van der Waals surface area contributed by atoms with Crippen LogP contribution in [0.4, 0.5) is 0 Å². The van der Waals surface area contributed by atoms with E-state index in [2.05, 4.69) is 19.1 Å². The lowest BCUT2D eigenvalue weighted by Crippen LogP contribution is -2.33. The molecule has 1 fully saturated rings. The van der Waals surface area contributed by atoms with E-state index in [1.807, 2.05) is 18.7 Å². The van der Waals surface area contributed by atoms with Gasteiger partial charge in [0.25, 0.3) is 5.91 Å². The standard InChI is InChI=1S/C16H24N2O2.ClH/c1-11-6-12(2)16(13(3)7-11)20-10-15(19)18-5-4-14(8-17)9-18;/h6-7,14H,4-5,8-10,17H2,1-3H3;1H. The molecule has 1 atom stereocenters. The molecule has 118 valence electrons. The van der Waals surface area contributed by atoms with Gasteiger partial charge in [0.2, 0.25) is 0 Å². The number of hydrogen-bond donors (Lipinski definition) is 1. The topological polar surface area (TPSA) is 55.6 Å². The molecule has 21 heavy (non-hydrogen) atoms. The van der Waals surface area contributed by atoms with E-state index < -0.39 is 0 Å². The largest absolute Gasteiger partial charge is 0.483 e. The molecule has 1 aromatic rings. The second kappa shape index (κ2) is 7.66. The van der Waals surface area contributed by atoms with E-state index in [4.69, 9.17) is 10.5 Å². The molecule has 1 aromatic carbocycles. The van der Waals surface area contributed by atoms with Crippen molar-refractivity contribution in [1.29, 1.82) is 0 Å². The molecule has 1 heterocycles. The molecule has 0 spiro atoms. The van der Waals surface area contributed by atoms with Crippen molar-refractivity contribution in [3.8, 4) is 5.75 Å². The fourth-order valence-corrected chi connectivity index (χ4v) is 2.87. The van der Waals surface area contributed by atoms with Crippen LogP contribution in [0, 0.1) is 26.7 Å². The molecule has 0 saturated carbocycles. The van der Waals surface area contributed by atoms with Crippen LogP contribution in [0.25, 0.3) is 0 Å². The van der Waals surface area contributed by atoms with Crippen LogP contribution in [0.3, 0.4) is 0 Å². The molecule has 1 unspecified atom stereocenters. The number of aryl methyl sites for hydroxylation is 3. The highest BCUT2D eigenvalue weighted by Crippen LogP contribution is 2.24. The minimum atomic E-state index is 0. The van der Waals surface area contributed by atoms with Crippen molar-refractivity contribution in [2.75, 3.05) is 26.2 Å².